The molecule has 138 valence electrons. The average molecular weight is 354 g/mol. The molecule has 0 unspecified atom stereocenters. The van der Waals surface area contributed by atoms with Gasteiger partial charge in [-0.25, -0.2) is 4.98 Å². The molecule has 0 aliphatic carbocycles. The first-order valence-electron chi connectivity index (χ1n) is 8.27. The Bertz CT molecular complexity index is 790. The zero-order valence-electron chi connectivity index (χ0n) is 15.5. The summed E-state index contributed by atoms with van der Waals surface area (Å²) in [5.41, 5.74) is -1.000. The summed E-state index contributed by atoms with van der Waals surface area (Å²) in [5, 5.41) is 1.40. The Kier molecular flexibility index (Phi) is 9.49. The molecule has 0 aromatic carbocycles. The van der Waals surface area contributed by atoms with Crippen LogP contribution in [-0.4, -0.2) is 15.8 Å². The highest BCUT2D eigenvalue weighted by Gasteiger charge is 2.33. The Balaban J connectivity index is 0.00000134. The fourth-order valence-electron chi connectivity index (χ4n) is 2.05. The number of carbonyl (C=O) groups is 1. The highest BCUT2D eigenvalue weighted by atomic mass is 19.4. The second-order valence-corrected chi connectivity index (χ2v) is 4.34. The predicted octanol–water partition coefficient (Wildman–Crippen LogP) is 4.31. The predicted molar refractivity (Wildman–Crippen MR) is 95.7 cm³/mol. The van der Waals surface area contributed by atoms with Gasteiger partial charge in [0.25, 0.3) is 0 Å². The van der Waals surface area contributed by atoms with Crippen LogP contribution in [0.3, 0.4) is 0 Å². The molecule has 0 bridgehead atoms. The number of pyridine rings is 1. The lowest BCUT2D eigenvalue weighted by molar-refractivity contribution is -0.141. The minimum absolute atomic E-state index is 0.227. The van der Waals surface area contributed by atoms with Crippen molar-refractivity contribution < 1.29 is 18.0 Å². The van der Waals surface area contributed by atoms with Crippen molar-refractivity contribution in [3.8, 4) is 0 Å². The van der Waals surface area contributed by atoms with Crippen molar-refractivity contribution in [1.82, 2.24) is 9.97 Å². The Morgan fingerprint density at radius 2 is 1.68 bits per heavy atom. The molecular weight excluding hydrogens is 329 g/mol. The molecule has 0 atom stereocenters. The summed E-state index contributed by atoms with van der Waals surface area (Å²) in [6.45, 7) is 11.6. The Hall–Kier alpha value is -2.37. The van der Waals surface area contributed by atoms with E-state index >= 15 is 0 Å². The van der Waals surface area contributed by atoms with E-state index in [0.29, 0.717) is 10.8 Å². The van der Waals surface area contributed by atoms with Crippen molar-refractivity contribution in [2.24, 2.45) is 0 Å². The molecule has 2 aromatic heterocycles. The van der Waals surface area contributed by atoms with Gasteiger partial charge in [0, 0.05) is 22.3 Å². The van der Waals surface area contributed by atoms with Gasteiger partial charge in [-0.15, -0.1) is 0 Å². The van der Waals surface area contributed by atoms with E-state index in [1.165, 1.54) is 18.3 Å². The second-order valence-electron chi connectivity index (χ2n) is 4.34. The van der Waals surface area contributed by atoms with Crippen molar-refractivity contribution in [2.75, 3.05) is 0 Å². The fraction of sp³-hybridized carbons (Fsp3) is 0.368. The first kappa shape index (κ1) is 22.6. The number of H-pyrrole nitrogens is 1. The summed E-state index contributed by atoms with van der Waals surface area (Å²) < 4.78 is 37.9. The van der Waals surface area contributed by atoms with Gasteiger partial charge in [0.15, 0.2) is 0 Å². The van der Waals surface area contributed by atoms with E-state index in [1.807, 2.05) is 27.7 Å². The molecule has 1 N–H and O–H groups in total. The van der Waals surface area contributed by atoms with Crippen LogP contribution in [0.2, 0.25) is 0 Å². The van der Waals surface area contributed by atoms with Crippen LogP contribution >= 0.6 is 0 Å². The number of hydrogen-bond donors (Lipinski definition) is 1. The normalized spacial score (nSPS) is 12.0. The van der Waals surface area contributed by atoms with Gasteiger partial charge in [-0.05, 0) is 26.0 Å². The Morgan fingerprint density at radius 1 is 1.08 bits per heavy atom. The molecule has 6 heteroatoms. The summed E-state index contributed by atoms with van der Waals surface area (Å²) in [7, 11) is 0. The summed E-state index contributed by atoms with van der Waals surface area (Å²) in [4.78, 5) is 18.7. The summed E-state index contributed by atoms with van der Waals surface area (Å²) >= 11 is 0. The zero-order chi connectivity index (χ0) is 19.6. The largest absolute Gasteiger partial charge is 0.433 e. The third kappa shape index (κ3) is 5.59. The molecule has 0 fully saturated rings. The van der Waals surface area contributed by atoms with Gasteiger partial charge in [-0.3, -0.25) is 4.79 Å². The van der Waals surface area contributed by atoms with Crippen molar-refractivity contribution >= 4 is 17.9 Å². The number of hydrogen-bond acceptors (Lipinski definition) is 2. The van der Waals surface area contributed by atoms with Gasteiger partial charge in [0.05, 0.1) is 0 Å². The highest BCUT2D eigenvalue weighted by molar-refractivity contribution is 6.07. The molecule has 25 heavy (non-hydrogen) atoms. The maximum atomic E-state index is 12.6. The van der Waals surface area contributed by atoms with Gasteiger partial charge in [-0.1, -0.05) is 45.9 Å². The molecule has 2 aromatic rings. The van der Waals surface area contributed by atoms with E-state index in [4.69, 9.17) is 0 Å². The average Bonchev–Trinajstić information content (AvgIpc) is 3.06. The van der Waals surface area contributed by atoms with Gasteiger partial charge in [0.1, 0.15) is 11.4 Å². The number of aromatic nitrogens is 2. The van der Waals surface area contributed by atoms with Gasteiger partial charge in [-0.2, -0.15) is 13.2 Å². The maximum Gasteiger partial charge on any atom is 0.433 e. The molecule has 0 aliphatic rings. The number of rotatable bonds is 2. The number of nitrogens with one attached hydrogen (secondary N) is 1. The van der Waals surface area contributed by atoms with Crippen LogP contribution in [0.25, 0.3) is 12.2 Å². The third-order valence-electron chi connectivity index (χ3n) is 3.05. The number of halogens is 3. The lowest BCUT2D eigenvalue weighted by Crippen LogP contribution is -2.27. The molecular formula is C19H25F3N2O. The van der Waals surface area contributed by atoms with Gasteiger partial charge in [0.2, 0.25) is 5.78 Å². The maximum absolute atomic E-state index is 12.6. The van der Waals surface area contributed by atoms with E-state index in [1.54, 1.807) is 26.0 Å². The van der Waals surface area contributed by atoms with Crippen molar-refractivity contribution in [2.45, 2.75) is 47.7 Å². The lowest BCUT2D eigenvalue weighted by Gasteiger charge is -2.06. The highest BCUT2D eigenvalue weighted by Crippen LogP contribution is 2.27. The lowest BCUT2D eigenvalue weighted by atomic mass is 10.1. The van der Waals surface area contributed by atoms with Crippen LogP contribution in [0.4, 0.5) is 13.2 Å². The van der Waals surface area contributed by atoms with E-state index in [9.17, 15) is 18.0 Å². The van der Waals surface area contributed by atoms with Gasteiger partial charge >= 0.3 is 6.18 Å². The van der Waals surface area contributed by atoms with Crippen LogP contribution in [0.5, 0.6) is 0 Å². The number of aromatic amines is 1. The van der Waals surface area contributed by atoms with Crippen molar-refractivity contribution in [1.29, 1.82) is 0 Å². The fourth-order valence-corrected chi connectivity index (χ4v) is 2.05. The van der Waals surface area contributed by atoms with Gasteiger partial charge < -0.3 is 4.98 Å². The number of alkyl halides is 3. The van der Waals surface area contributed by atoms with E-state index in [-0.39, 0.29) is 5.69 Å². The standard InChI is InChI=1S/C15H13F3N2O.2C2H6/c1-3-9-10(8-19-11(9)4-2)14(21)12-6-5-7-13(20-12)15(16,17)18;2*1-2/h3-8,19H,1-2H3;2*1-2H3/b9-3-,11-4+;;. The minimum Gasteiger partial charge on any atom is -0.361 e. The number of carbonyl (C=O) groups excluding carboxylic acids is 1. The second kappa shape index (κ2) is 10.5. The molecule has 0 amide bonds. The Labute approximate surface area is 146 Å². The van der Waals surface area contributed by atoms with Crippen LogP contribution in [0.15, 0.2) is 24.4 Å². The first-order valence-corrected chi connectivity index (χ1v) is 8.27. The third-order valence-corrected chi connectivity index (χ3v) is 3.05. The topological polar surface area (TPSA) is 45.8 Å². The van der Waals surface area contributed by atoms with Crippen LogP contribution in [-0.2, 0) is 6.18 Å². The first-order chi connectivity index (χ1) is 11.9. The molecule has 0 radical (unpaired) electrons. The summed E-state index contributed by atoms with van der Waals surface area (Å²) in [5.74, 6) is -0.543. The zero-order valence-corrected chi connectivity index (χ0v) is 15.5. The Morgan fingerprint density at radius 3 is 2.16 bits per heavy atom. The molecule has 0 saturated carbocycles. The SMILES string of the molecule is C/C=c1/c(C(=O)c2cccc(C(F)(F)F)n2)c[nH]/c1=C/C.CC.CC. The van der Waals surface area contributed by atoms with Crippen LogP contribution in [0.1, 0.15) is 63.3 Å². The summed E-state index contributed by atoms with van der Waals surface area (Å²) in [6, 6.07) is 3.29. The molecule has 3 nitrogen and oxygen atoms in total. The molecule has 2 rings (SSSR count). The van der Waals surface area contributed by atoms with E-state index < -0.39 is 17.7 Å². The number of nitrogens with zero attached hydrogens (tertiary/aromatic N) is 1. The van der Waals surface area contributed by atoms with E-state index in [2.05, 4.69) is 9.97 Å². The van der Waals surface area contributed by atoms with Crippen LogP contribution in [0, 0.1) is 0 Å². The van der Waals surface area contributed by atoms with E-state index in [0.717, 1.165) is 11.4 Å². The number of ketones is 1. The molecule has 0 saturated heterocycles. The summed E-state index contributed by atoms with van der Waals surface area (Å²) in [6.07, 6.45) is 0.420. The molecule has 0 aliphatic heterocycles. The van der Waals surface area contributed by atoms with Crippen molar-refractivity contribution in [3.05, 3.63) is 51.9 Å². The quantitative estimate of drug-likeness (QED) is 0.817. The van der Waals surface area contributed by atoms with Crippen molar-refractivity contribution in [3.63, 3.8) is 0 Å². The minimum atomic E-state index is -4.57. The monoisotopic (exact) mass is 354 g/mol. The van der Waals surface area contributed by atoms with Crippen LogP contribution < -0.4 is 10.6 Å². The molecule has 0 spiro atoms. The smallest absolute Gasteiger partial charge is 0.361 e. The molecule has 2 heterocycles.